The molecular formula is C32H24ClFN4O5. The van der Waals surface area contributed by atoms with Gasteiger partial charge in [-0.1, -0.05) is 53.2 Å². The van der Waals surface area contributed by atoms with Gasteiger partial charge in [0, 0.05) is 42.9 Å². The van der Waals surface area contributed by atoms with E-state index in [9.17, 15) is 23.9 Å². The van der Waals surface area contributed by atoms with E-state index in [-0.39, 0.29) is 47.0 Å². The van der Waals surface area contributed by atoms with Crippen molar-refractivity contribution in [3.63, 3.8) is 0 Å². The number of rotatable bonds is 7. The minimum absolute atomic E-state index is 0.0123. The van der Waals surface area contributed by atoms with Gasteiger partial charge in [0.25, 0.3) is 5.91 Å². The van der Waals surface area contributed by atoms with Crippen LogP contribution in [0.5, 0.6) is 0 Å². The first-order valence-corrected chi connectivity index (χ1v) is 13.9. The van der Waals surface area contributed by atoms with Gasteiger partial charge < -0.3 is 14.8 Å². The fourth-order valence-electron chi connectivity index (χ4n) is 5.61. The summed E-state index contributed by atoms with van der Waals surface area (Å²) in [5, 5.41) is 13.2. The summed E-state index contributed by atoms with van der Waals surface area (Å²) in [4.78, 5) is 54.5. The van der Waals surface area contributed by atoms with Crippen molar-refractivity contribution in [1.29, 1.82) is 0 Å². The molecule has 4 aromatic rings. The zero-order valence-corrected chi connectivity index (χ0v) is 23.4. The molecule has 11 heteroatoms. The predicted octanol–water partition coefficient (Wildman–Crippen LogP) is 5.07. The van der Waals surface area contributed by atoms with Crippen LogP contribution in [0, 0.1) is 5.82 Å². The molecule has 2 aliphatic heterocycles. The van der Waals surface area contributed by atoms with Gasteiger partial charge in [0.15, 0.2) is 11.6 Å². The van der Waals surface area contributed by atoms with Crippen LogP contribution >= 0.6 is 11.6 Å². The number of carbonyl (C=O) groups excluding carboxylic acids is 2. The molecule has 3 heterocycles. The number of Topliss-reactive ketones (excluding diaryl/α,β-unsaturated/α-hetero) is 1. The van der Waals surface area contributed by atoms with Gasteiger partial charge in [-0.05, 0) is 52.9 Å². The highest BCUT2D eigenvalue weighted by Crippen LogP contribution is 2.38. The monoisotopic (exact) mass is 598 g/mol. The van der Waals surface area contributed by atoms with Crippen LogP contribution in [0.25, 0.3) is 11.1 Å². The maximum absolute atomic E-state index is 14.7. The molecule has 2 aliphatic rings. The van der Waals surface area contributed by atoms with Crippen molar-refractivity contribution >= 4 is 35.0 Å². The lowest BCUT2D eigenvalue weighted by Crippen LogP contribution is -2.48. The van der Waals surface area contributed by atoms with Crippen molar-refractivity contribution in [3.8, 4) is 11.1 Å². The highest BCUT2D eigenvalue weighted by atomic mass is 35.5. The van der Waals surface area contributed by atoms with Gasteiger partial charge in [0.05, 0.1) is 16.3 Å². The standard InChI is InChI=1S/C32H24ClFN4O5/c33-25-6-2-5-24(29(25)34)26-14-28(43-37-26)31(40)38-12-11-22-21(20-15-35-17-36-16-20)3-1-4-23(22)30(38)27(39)13-18-7-9-19(10-8-18)32(41)42/h1-10,15-17,28,30H,11-14H2,(H,41,42)/t28-,30-/m1/s1. The van der Waals surface area contributed by atoms with Gasteiger partial charge in [0.2, 0.25) is 6.10 Å². The number of nitrogens with zero attached hydrogens (tertiary/aromatic N) is 4. The van der Waals surface area contributed by atoms with E-state index in [1.807, 2.05) is 18.2 Å². The first-order valence-electron chi connectivity index (χ1n) is 13.5. The molecule has 0 spiro atoms. The van der Waals surface area contributed by atoms with Gasteiger partial charge in [-0.15, -0.1) is 0 Å². The van der Waals surface area contributed by atoms with Crippen molar-refractivity contribution in [3.05, 3.63) is 118 Å². The molecule has 0 saturated carbocycles. The van der Waals surface area contributed by atoms with E-state index in [4.69, 9.17) is 16.4 Å². The quantitative estimate of drug-likeness (QED) is 0.315. The fourth-order valence-corrected chi connectivity index (χ4v) is 5.78. The molecule has 2 atom stereocenters. The van der Waals surface area contributed by atoms with Gasteiger partial charge in [-0.25, -0.2) is 19.2 Å². The zero-order valence-electron chi connectivity index (χ0n) is 22.6. The molecule has 1 N–H and O–H groups in total. The second-order valence-corrected chi connectivity index (χ2v) is 10.7. The topological polar surface area (TPSA) is 122 Å². The second-order valence-electron chi connectivity index (χ2n) is 10.3. The number of fused-ring (bicyclic) bond motifs is 1. The molecular weight excluding hydrogens is 575 g/mol. The number of carboxylic acid groups (broad SMARTS) is 1. The average Bonchev–Trinajstić information content (AvgIpc) is 3.52. The second kappa shape index (κ2) is 11.7. The molecule has 0 bridgehead atoms. The largest absolute Gasteiger partial charge is 0.478 e. The number of oxime groups is 1. The molecule has 0 fully saturated rings. The Labute approximate surface area is 250 Å². The molecule has 9 nitrogen and oxygen atoms in total. The lowest BCUT2D eigenvalue weighted by molar-refractivity contribution is -0.149. The van der Waals surface area contributed by atoms with E-state index < -0.39 is 29.8 Å². The Morgan fingerprint density at radius 1 is 1.00 bits per heavy atom. The third-order valence-electron chi connectivity index (χ3n) is 7.67. The SMILES string of the molecule is O=C(O)c1ccc(CC(=O)[C@H]2c3cccc(-c4cncnc4)c3CCN2C(=O)[C@H]2CC(c3cccc(Cl)c3F)=NO2)cc1. The highest BCUT2D eigenvalue weighted by Gasteiger charge is 2.42. The number of amides is 1. The Balaban J connectivity index is 1.32. The van der Waals surface area contributed by atoms with Crippen LogP contribution in [0.3, 0.4) is 0 Å². The van der Waals surface area contributed by atoms with E-state index >= 15 is 0 Å². The van der Waals surface area contributed by atoms with Gasteiger partial charge in [-0.2, -0.15) is 0 Å². The number of hydrogen-bond donors (Lipinski definition) is 1. The number of carboxylic acids is 1. The summed E-state index contributed by atoms with van der Waals surface area (Å²) >= 11 is 5.94. The molecule has 0 unspecified atom stereocenters. The number of carbonyl (C=O) groups is 3. The maximum atomic E-state index is 14.7. The van der Waals surface area contributed by atoms with Crippen LogP contribution in [0.1, 0.15) is 45.1 Å². The first-order chi connectivity index (χ1) is 20.8. The van der Waals surface area contributed by atoms with Crippen LogP contribution in [0.15, 0.2) is 84.5 Å². The Bertz CT molecular complexity index is 1760. The number of ketones is 1. The normalized spacial score (nSPS) is 17.5. The third-order valence-corrected chi connectivity index (χ3v) is 7.96. The predicted molar refractivity (Wildman–Crippen MR) is 155 cm³/mol. The van der Waals surface area contributed by atoms with E-state index in [1.54, 1.807) is 30.6 Å². The zero-order chi connectivity index (χ0) is 30.1. The Morgan fingerprint density at radius 2 is 1.72 bits per heavy atom. The Kier molecular flexibility index (Phi) is 7.69. The van der Waals surface area contributed by atoms with Crippen LogP contribution < -0.4 is 0 Å². The number of hydrogen-bond acceptors (Lipinski definition) is 7. The summed E-state index contributed by atoms with van der Waals surface area (Å²) in [6.07, 6.45) is 4.22. The van der Waals surface area contributed by atoms with E-state index in [1.165, 1.54) is 35.5 Å². The molecule has 0 aliphatic carbocycles. The average molecular weight is 599 g/mol. The minimum Gasteiger partial charge on any atom is -0.478 e. The molecule has 3 aromatic carbocycles. The summed E-state index contributed by atoms with van der Waals surface area (Å²) in [6.45, 7) is 0.228. The number of aromatic carboxylic acids is 1. The molecule has 1 amide bonds. The molecule has 1 aromatic heterocycles. The molecule has 0 radical (unpaired) electrons. The Hall–Kier alpha value is -4.96. The van der Waals surface area contributed by atoms with Crippen molar-refractivity contribution in [1.82, 2.24) is 14.9 Å². The number of halogens is 2. The van der Waals surface area contributed by atoms with Gasteiger partial charge in [-0.3, -0.25) is 9.59 Å². The highest BCUT2D eigenvalue weighted by molar-refractivity contribution is 6.31. The fraction of sp³-hybridized carbons (Fsp3) is 0.188. The molecule has 0 saturated heterocycles. The van der Waals surface area contributed by atoms with Crippen molar-refractivity contribution in [2.75, 3.05) is 6.54 Å². The van der Waals surface area contributed by atoms with Crippen LogP contribution in [0.4, 0.5) is 4.39 Å². The molecule has 6 rings (SSSR count). The summed E-state index contributed by atoms with van der Waals surface area (Å²) in [5.41, 5.74) is 4.36. The summed E-state index contributed by atoms with van der Waals surface area (Å²) < 4.78 is 14.7. The smallest absolute Gasteiger partial charge is 0.335 e. The molecule has 43 heavy (non-hydrogen) atoms. The van der Waals surface area contributed by atoms with E-state index in [2.05, 4.69) is 15.1 Å². The van der Waals surface area contributed by atoms with Crippen LogP contribution in [0.2, 0.25) is 5.02 Å². The Morgan fingerprint density at radius 3 is 2.47 bits per heavy atom. The van der Waals surface area contributed by atoms with Gasteiger partial charge in [0.1, 0.15) is 12.4 Å². The van der Waals surface area contributed by atoms with E-state index in [0.717, 1.165) is 16.7 Å². The lowest BCUT2D eigenvalue weighted by Gasteiger charge is -2.38. The number of benzene rings is 3. The first kappa shape index (κ1) is 28.2. The van der Waals surface area contributed by atoms with Crippen molar-refractivity contribution in [2.45, 2.75) is 31.4 Å². The maximum Gasteiger partial charge on any atom is 0.335 e. The van der Waals surface area contributed by atoms with Crippen molar-refractivity contribution < 1.29 is 28.7 Å². The van der Waals surface area contributed by atoms with Crippen molar-refractivity contribution in [2.24, 2.45) is 5.16 Å². The summed E-state index contributed by atoms with van der Waals surface area (Å²) in [7, 11) is 0. The van der Waals surface area contributed by atoms with E-state index in [0.29, 0.717) is 17.5 Å². The third kappa shape index (κ3) is 5.49. The summed E-state index contributed by atoms with van der Waals surface area (Å²) in [5.74, 6) is -2.41. The van der Waals surface area contributed by atoms with Crippen LogP contribution in [-0.2, 0) is 27.3 Å². The number of aromatic nitrogens is 2. The summed E-state index contributed by atoms with van der Waals surface area (Å²) in [6, 6.07) is 15.2. The molecule has 216 valence electrons. The van der Waals surface area contributed by atoms with Gasteiger partial charge >= 0.3 is 5.97 Å². The minimum atomic E-state index is -1.07. The van der Waals surface area contributed by atoms with Crippen LogP contribution in [-0.4, -0.2) is 56.0 Å². The lowest BCUT2D eigenvalue weighted by atomic mass is 9.84.